The molecule has 84 valence electrons. The predicted molar refractivity (Wildman–Crippen MR) is 67.4 cm³/mol. The molecule has 0 heterocycles. The molecule has 0 aliphatic heterocycles. The van der Waals surface area contributed by atoms with Gasteiger partial charge in [0, 0.05) is 10.0 Å². The van der Waals surface area contributed by atoms with Gasteiger partial charge >= 0.3 is 0 Å². The fraction of sp³-hybridized carbons (Fsp3) is 0.500. The van der Waals surface area contributed by atoms with Crippen LogP contribution in [0.1, 0.15) is 13.8 Å². The van der Waals surface area contributed by atoms with Gasteiger partial charge in [-0.2, -0.15) is 0 Å². The fourth-order valence-corrected chi connectivity index (χ4v) is 1.18. The second kappa shape index (κ2) is 4.99. The summed E-state index contributed by atoms with van der Waals surface area (Å²) in [6.45, 7) is 5.00. The number of halogens is 1. The van der Waals surface area contributed by atoms with Crippen LogP contribution in [0.25, 0.3) is 0 Å². The summed E-state index contributed by atoms with van der Waals surface area (Å²) in [5, 5.41) is 0. The molecule has 0 fully saturated rings. The second-order valence-corrected chi connectivity index (χ2v) is 5.37. The van der Waals surface area contributed by atoms with E-state index < -0.39 is 0 Å². The van der Waals surface area contributed by atoms with E-state index in [1.54, 1.807) is 0 Å². The van der Waals surface area contributed by atoms with E-state index in [4.69, 9.17) is 4.74 Å². The van der Waals surface area contributed by atoms with Crippen molar-refractivity contribution in [1.29, 1.82) is 0 Å². The van der Waals surface area contributed by atoms with E-state index in [0.29, 0.717) is 6.61 Å². The lowest BCUT2D eigenvalue weighted by molar-refractivity contribution is 0.114. The Kier molecular flexibility index (Phi) is 4.17. The first-order valence-corrected chi connectivity index (χ1v) is 5.77. The van der Waals surface area contributed by atoms with E-state index in [9.17, 15) is 0 Å². The zero-order chi connectivity index (χ0) is 11.5. The molecule has 0 saturated heterocycles. The van der Waals surface area contributed by atoms with Gasteiger partial charge < -0.3 is 9.64 Å². The number of benzene rings is 1. The first-order valence-electron chi connectivity index (χ1n) is 4.97. The topological polar surface area (TPSA) is 12.5 Å². The van der Waals surface area contributed by atoms with Crippen molar-refractivity contribution in [3.05, 3.63) is 28.7 Å². The van der Waals surface area contributed by atoms with Crippen LogP contribution in [0.5, 0.6) is 5.75 Å². The highest BCUT2D eigenvalue weighted by atomic mass is 79.9. The maximum Gasteiger partial charge on any atom is 0.119 e. The molecule has 0 spiro atoms. The third-order valence-corrected chi connectivity index (χ3v) is 3.15. The Morgan fingerprint density at radius 3 is 2.20 bits per heavy atom. The van der Waals surface area contributed by atoms with Crippen LogP contribution in [0.4, 0.5) is 0 Å². The maximum absolute atomic E-state index is 5.72. The summed E-state index contributed by atoms with van der Waals surface area (Å²) in [5.74, 6) is 0.910. The highest BCUT2D eigenvalue weighted by Gasteiger charge is 2.21. The molecule has 0 radical (unpaired) electrons. The Morgan fingerprint density at radius 1 is 1.20 bits per heavy atom. The summed E-state index contributed by atoms with van der Waals surface area (Å²) >= 11 is 3.40. The largest absolute Gasteiger partial charge is 0.492 e. The van der Waals surface area contributed by atoms with Gasteiger partial charge in [0.05, 0.1) is 0 Å². The van der Waals surface area contributed by atoms with Gasteiger partial charge in [-0.15, -0.1) is 0 Å². The molecule has 0 aliphatic carbocycles. The first-order chi connectivity index (χ1) is 6.92. The molecule has 0 amide bonds. The third-order valence-electron chi connectivity index (χ3n) is 2.62. The van der Waals surface area contributed by atoms with E-state index in [1.807, 2.05) is 24.3 Å². The maximum atomic E-state index is 5.72. The van der Waals surface area contributed by atoms with Crippen molar-refractivity contribution in [3.8, 4) is 5.75 Å². The lowest BCUT2D eigenvalue weighted by Crippen LogP contribution is -2.43. The van der Waals surface area contributed by atoms with Crippen molar-refractivity contribution in [2.24, 2.45) is 0 Å². The summed E-state index contributed by atoms with van der Waals surface area (Å²) in [6.07, 6.45) is 0. The first kappa shape index (κ1) is 12.5. The molecule has 0 aromatic heterocycles. The van der Waals surface area contributed by atoms with Gasteiger partial charge in [-0.1, -0.05) is 15.9 Å². The van der Waals surface area contributed by atoms with Crippen LogP contribution in [0.3, 0.4) is 0 Å². The van der Waals surface area contributed by atoms with Crippen LogP contribution < -0.4 is 4.74 Å². The van der Waals surface area contributed by atoms with E-state index >= 15 is 0 Å². The molecule has 1 aromatic carbocycles. The summed E-state index contributed by atoms with van der Waals surface area (Å²) < 4.78 is 6.80. The van der Waals surface area contributed by atoms with Gasteiger partial charge in [0.1, 0.15) is 12.4 Å². The lowest BCUT2D eigenvalue weighted by atomic mass is 10.1. The Bertz CT molecular complexity index is 306. The van der Waals surface area contributed by atoms with Crippen LogP contribution in [0, 0.1) is 0 Å². The molecule has 0 saturated carbocycles. The predicted octanol–water partition coefficient (Wildman–Crippen LogP) is 3.17. The molecule has 1 aromatic rings. The van der Waals surface area contributed by atoms with Crippen molar-refractivity contribution < 1.29 is 4.74 Å². The smallest absolute Gasteiger partial charge is 0.119 e. The Hall–Kier alpha value is -0.540. The Balaban J connectivity index is 2.54. The number of hydrogen-bond acceptors (Lipinski definition) is 2. The van der Waals surface area contributed by atoms with E-state index in [1.165, 1.54) is 0 Å². The second-order valence-electron chi connectivity index (χ2n) is 4.45. The van der Waals surface area contributed by atoms with Gasteiger partial charge in [0.15, 0.2) is 0 Å². The molecule has 3 heteroatoms. The minimum Gasteiger partial charge on any atom is -0.492 e. The van der Waals surface area contributed by atoms with Crippen molar-refractivity contribution in [2.75, 3.05) is 20.7 Å². The Labute approximate surface area is 100 Å². The zero-order valence-electron chi connectivity index (χ0n) is 9.75. The highest BCUT2D eigenvalue weighted by Crippen LogP contribution is 2.18. The normalized spacial score (nSPS) is 11.9. The van der Waals surface area contributed by atoms with Crippen LogP contribution in [0.15, 0.2) is 28.7 Å². The molecule has 0 bridgehead atoms. The van der Waals surface area contributed by atoms with Crippen LogP contribution in [0.2, 0.25) is 0 Å². The molecular weight excluding hydrogens is 254 g/mol. The van der Waals surface area contributed by atoms with Crippen LogP contribution in [-0.4, -0.2) is 31.1 Å². The van der Waals surface area contributed by atoms with Crippen molar-refractivity contribution in [1.82, 2.24) is 4.90 Å². The molecule has 2 nitrogen and oxygen atoms in total. The van der Waals surface area contributed by atoms with Crippen LogP contribution >= 0.6 is 15.9 Å². The summed E-state index contributed by atoms with van der Waals surface area (Å²) in [4.78, 5) is 2.16. The van der Waals surface area contributed by atoms with Gasteiger partial charge in [-0.25, -0.2) is 0 Å². The molecular formula is C12H18BrNO. The number of hydrogen-bond donors (Lipinski definition) is 0. The molecule has 0 N–H and O–H groups in total. The number of likely N-dealkylation sites (N-methyl/N-ethyl adjacent to an activating group) is 1. The van der Waals surface area contributed by atoms with Gasteiger partial charge in [-0.05, 0) is 52.2 Å². The molecule has 1 rings (SSSR count). The van der Waals surface area contributed by atoms with Crippen molar-refractivity contribution in [2.45, 2.75) is 19.4 Å². The van der Waals surface area contributed by atoms with E-state index in [0.717, 1.165) is 10.2 Å². The van der Waals surface area contributed by atoms with Crippen molar-refractivity contribution >= 4 is 15.9 Å². The summed E-state index contributed by atoms with van der Waals surface area (Å²) in [6, 6.07) is 7.90. The summed E-state index contributed by atoms with van der Waals surface area (Å²) in [5.41, 5.74) is 0.0487. The molecule has 0 atom stereocenters. The Morgan fingerprint density at radius 2 is 1.73 bits per heavy atom. The average molecular weight is 272 g/mol. The molecule has 15 heavy (non-hydrogen) atoms. The minimum absolute atomic E-state index is 0.0487. The van der Waals surface area contributed by atoms with Crippen LogP contribution in [-0.2, 0) is 0 Å². The van der Waals surface area contributed by atoms with E-state index in [-0.39, 0.29) is 5.54 Å². The minimum atomic E-state index is 0.0487. The van der Waals surface area contributed by atoms with Gasteiger partial charge in [0.25, 0.3) is 0 Å². The van der Waals surface area contributed by atoms with Crippen molar-refractivity contribution in [3.63, 3.8) is 0 Å². The molecule has 0 unspecified atom stereocenters. The van der Waals surface area contributed by atoms with Gasteiger partial charge in [-0.3, -0.25) is 0 Å². The molecule has 0 aliphatic rings. The average Bonchev–Trinajstić information content (AvgIpc) is 2.17. The zero-order valence-corrected chi connectivity index (χ0v) is 11.3. The number of nitrogens with zero attached hydrogens (tertiary/aromatic N) is 1. The quantitative estimate of drug-likeness (QED) is 0.834. The fourth-order valence-electron chi connectivity index (χ4n) is 0.920. The highest BCUT2D eigenvalue weighted by molar-refractivity contribution is 9.10. The standard InChI is InChI=1S/C12H18BrNO/c1-12(2,14(3)4)9-15-11-7-5-10(13)6-8-11/h5-8H,9H2,1-4H3. The van der Waals surface area contributed by atoms with Gasteiger partial charge in [0.2, 0.25) is 0 Å². The number of rotatable bonds is 4. The third kappa shape index (κ3) is 3.84. The monoisotopic (exact) mass is 271 g/mol. The SMILES string of the molecule is CN(C)C(C)(C)COc1ccc(Br)cc1. The lowest BCUT2D eigenvalue weighted by Gasteiger charge is -2.32. The number of ether oxygens (including phenoxy) is 1. The van der Waals surface area contributed by atoms with E-state index in [2.05, 4.69) is 48.8 Å². The summed E-state index contributed by atoms with van der Waals surface area (Å²) in [7, 11) is 4.12.